The van der Waals surface area contributed by atoms with Crippen molar-refractivity contribution < 1.29 is 0 Å². The molecule has 2 N–H and O–H groups in total. The van der Waals surface area contributed by atoms with E-state index < -0.39 is 0 Å². The summed E-state index contributed by atoms with van der Waals surface area (Å²) in [5, 5.41) is 3.46. The molecular formula is C17H22N4O. The van der Waals surface area contributed by atoms with Crippen LogP contribution in [-0.4, -0.2) is 21.0 Å². The van der Waals surface area contributed by atoms with Gasteiger partial charge in [0.1, 0.15) is 11.6 Å². The molecule has 1 fully saturated rings. The van der Waals surface area contributed by atoms with Gasteiger partial charge < -0.3 is 10.3 Å². The quantitative estimate of drug-likeness (QED) is 0.860. The van der Waals surface area contributed by atoms with Crippen molar-refractivity contribution in [2.75, 3.05) is 5.32 Å². The van der Waals surface area contributed by atoms with Crippen LogP contribution >= 0.6 is 0 Å². The van der Waals surface area contributed by atoms with Crippen LogP contribution in [-0.2, 0) is 6.42 Å². The monoisotopic (exact) mass is 298 g/mol. The first kappa shape index (κ1) is 14.8. The third-order valence-electron chi connectivity index (χ3n) is 4.11. The highest BCUT2D eigenvalue weighted by Gasteiger charge is 2.35. The molecule has 0 aliphatic heterocycles. The minimum atomic E-state index is -0.121. The van der Waals surface area contributed by atoms with Crippen molar-refractivity contribution in [3.63, 3.8) is 0 Å². The average molecular weight is 298 g/mol. The third kappa shape index (κ3) is 3.35. The Labute approximate surface area is 130 Å². The lowest BCUT2D eigenvalue weighted by Crippen LogP contribution is -2.10. The van der Waals surface area contributed by atoms with Gasteiger partial charge in [-0.1, -0.05) is 20.3 Å². The lowest BCUT2D eigenvalue weighted by atomic mass is 10.2. The van der Waals surface area contributed by atoms with Gasteiger partial charge in [0.05, 0.1) is 0 Å². The summed E-state index contributed by atoms with van der Waals surface area (Å²) in [4.78, 5) is 23.3. The van der Waals surface area contributed by atoms with Gasteiger partial charge in [0.2, 0.25) is 0 Å². The molecule has 1 aliphatic rings. The van der Waals surface area contributed by atoms with Gasteiger partial charge in [-0.2, -0.15) is 0 Å². The first-order chi connectivity index (χ1) is 10.7. The fourth-order valence-electron chi connectivity index (χ4n) is 2.75. The Morgan fingerprint density at radius 1 is 1.36 bits per heavy atom. The van der Waals surface area contributed by atoms with E-state index in [0.29, 0.717) is 11.9 Å². The van der Waals surface area contributed by atoms with Crippen LogP contribution in [0.2, 0.25) is 0 Å². The fraction of sp³-hybridized carbons (Fsp3) is 0.471. The predicted molar refractivity (Wildman–Crippen MR) is 87.9 cm³/mol. The van der Waals surface area contributed by atoms with E-state index in [1.54, 1.807) is 6.20 Å². The molecule has 2 unspecified atom stereocenters. The molecule has 0 bridgehead atoms. The van der Waals surface area contributed by atoms with Gasteiger partial charge in [0, 0.05) is 29.6 Å². The topological polar surface area (TPSA) is 70.7 Å². The maximum Gasteiger partial charge on any atom is 0.251 e. The van der Waals surface area contributed by atoms with Gasteiger partial charge in [-0.3, -0.25) is 4.79 Å². The number of aromatic amines is 1. The van der Waals surface area contributed by atoms with Crippen LogP contribution in [0.25, 0.3) is 11.4 Å². The van der Waals surface area contributed by atoms with Crippen LogP contribution in [0.15, 0.2) is 29.2 Å². The van der Waals surface area contributed by atoms with Crippen LogP contribution in [0, 0.1) is 5.92 Å². The number of rotatable bonds is 6. The molecule has 2 atom stereocenters. The maximum absolute atomic E-state index is 11.6. The van der Waals surface area contributed by atoms with Gasteiger partial charge in [-0.15, -0.1) is 0 Å². The number of pyridine rings is 1. The molecule has 2 aromatic heterocycles. The summed E-state index contributed by atoms with van der Waals surface area (Å²) >= 11 is 0. The Bertz CT molecular complexity index is 693. The van der Waals surface area contributed by atoms with Gasteiger partial charge in [-0.25, -0.2) is 9.97 Å². The first-order valence-corrected chi connectivity index (χ1v) is 8.02. The molecule has 0 amide bonds. The Kier molecular flexibility index (Phi) is 4.22. The van der Waals surface area contributed by atoms with E-state index in [-0.39, 0.29) is 5.56 Å². The number of hydrogen-bond acceptors (Lipinski definition) is 4. The number of nitrogens with one attached hydrogen (secondary N) is 2. The third-order valence-corrected chi connectivity index (χ3v) is 4.11. The van der Waals surface area contributed by atoms with Crippen molar-refractivity contribution in [2.24, 2.45) is 5.92 Å². The summed E-state index contributed by atoms with van der Waals surface area (Å²) in [7, 11) is 0. The molecule has 22 heavy (non-hydrogen) atoms. The summed E-state index contributed by atoms with van der Waals surface area (Å²) in [5.74, 6) is 2.27. The number of hydrogen-bond donors (Lipinski definition) is 2. The zero-order valence-corrected chi connectivity index (χ0v) is 13.1. The van der Waals surface area contributed by atoms with Crippen LogP contribution in [0.5, 0.6) is 0 Å². The van der Waals surface area contributed by atoms with Crippen molar-refractivity contribution in [3.05, 3.63) is 40.4 Å². The summed E-state index contributed by atoms with van der Waals surface area (Å²) in [5.41, 5.74) is 1.50. The highest BCUT2D eigenvalue weighted by atomic mass is 16.1. The molecule has 0 aromatic carbocycles. The highest BCUT2D eigenvalue weighted by molar-refractivity contribution is 5.56. The molecule has 116 valence electrons. The molecular weight excluding hydrogens is 276 g/mol. The minimum absolute atomic E-state index is 0.121. The first-order valence-electron chi connectivity index (χ1n) is 8.02. The molecule has 2 heterocycles. The summed E-state index contributed by atoms with van der Waals surface area (Å²) in [6, 6.07) is 6.01. The molecule has 0 radical (unpaired) electrons. The Morgan fingerprint density at radius 2 is 2.23 bits per heavy atom. The van der Waals surface area contributed by atoms with E-state index in [9.17, 15) is 4.79 Å². The summed E-state index contributed by atoms with van der Waals surface area (Å²) in [6.45, 7) is 4.21. The Hall–Kier alpha value is -2.17. The molecule has 5 nitrogen and oxygen atoms in total. The predicted octanol–water partition coefficient (Wildman–Crippen LogP) is 2.99. The van der Waals surface area contributed by atoms with Crippen molar-refractivity contribution in [3.8, 4) is 11.4 Å². The lowest BCUT2D eigenvalue weighted by molar-refractivity contribution is 0.692. The lowest BCUT2D eigenvalue weighted by Gasteiger charge is -2.06. The molecule has 3 rings (SSSR count). The van der Waals surface area contributed by atoms with Crippen LogP contribution in [0.1, 0.15) is 38.8 Å². The number of H-pyrrole nitrogens is 1. The van der Waals surface area contributed by atoms with Crippen molar-refractivity contribution in [1.82, 2.24) is 15.0 Å². The minimum Gasteiger partial charge on any atom is -0.367 e. The number of anilines is 1. The van der Waals surface area contributed by atoms with Gasteiger partial charge >= 0.3 is 0 Å². The number of nitrogens with zero attached hydrogens (tertiary/aromatic N) is 2. The average Bonchev–Trinajstić information content (AvgIpc) is 3.25. The van der Waals surface area contributed by atoms with E-state index in [1.807, 2.05) is 19.1 Å². The van der Waals surface area contributed by atoms with Gasteiger partial charge in [0.25, 0.3) is 5.56 Å². The zero-order valence-electron chi connectivity index (χ0n) is 13.1. The highest BCUT2D eigenvalue weighted by Crippen LogP contribution is 2.36. The molecule has 1 saturated carbocycles. The molecule has 2 aromatic rings. The summed E-state index contributed by atoms with van der Waals surface area (Å²) in [6.07, 6.45) is 6.26. The van der Waals surface area contributed by atoms with Crippen molar-refractivity contribution in [2.45, 2.75) is 45.6 Å². The van der Waals surface area contributed by atoms with Crippen LogP contribution in [0.4, 0.5) is 5.82 Å². The molecule has 0 spiro atoms. The van der Waals surface area contributed by atoms with Gasteiger partial charge in [-0.05, 0) is 37.3 Å². The van der Waals surface area contributed by atoms with E-state index >= 15 is 0 Å². The van der Waals surface area contributed by atoms with E-state index in [2.05, 4.69) is 27.2 Å². The van der Waals surface area contributed by atoms with E-state index in [0.717, 1.165) is 29.4 Å². The SMILES string of the molecule is CCCC1CC1Nc1ccc(-c2nc(CC)cc(=O)[nH]2)cn1. The van der Waals surface area contributed by atoms with Crippen LogP contribution < -0.4 is 10.9 Å². The maximum atomic E-state index is 11.6. The van der Waals surface area contributed by atoms with E-state index in [4.69, 9.17) is 0 Å². The van der Waals surface area contributed by atoms with Gasteiger partial charge in [0.15, 0.2) is 0 Å². The second-order valence-electron chi connectivity index (χ2n) is 5.91. The normalized spacial score (nSPS) is 19.9. The van der Waals surface area contributed by atoms with Crippen molar-refractivity contribution in [1.29, 1.82) is 0 Å². The van der Waals surface area contributed by atoms with Crippen LogP contribution in [0.3, 0.4) is 0 Å². The second-order valence-corrected chi connectivity index (χ2v) is 5.91. The summed E-state index contributed by atoms with van der Waals surface area (Å²) < 4.78 is 0. The smallest absolute Gasteiger partial charge is 0.251 e. The number of aryl methyl sites for hydroxylation is 1. The standard InChI is InChI=1S/C17H22N4O/c1-3-5-11-8-14(11)20-15-7-6-12(10-18-15)17-19-13(4-2)9-16(22)21-17/h6-7,9-11,14H,3-5,8H2,1-2H3,(H,18,20)(H,19,21,22). The zero-order chi connectivity index (χ0) is 15.5. The molecule has 1 aliphatic carbocycles. The van der Waals surface area contributed by atoms with E-state index in [1.165, 1.54) is 25.3 Å². The number of aromatic nitrogens is 3. The fourth-order valence-corrected chi connectivity index (χ4v) is 2.75. The molecule has 0 saturated heterocycles. The Balaban J connectivity index is 1.72. The Morgan fingerprint density at radius 3 is 2.91 bits per heavy atom. The largest absolute Gasteiger partial charge is 0.367 e. The second kappa shape index (κ2) is 6.30. The van der Waals surface area contributed by atoms with Crippen molar-refractivity contribution >= 4 is 5.82 Å². The molecule has 5 heteroatoms.